The molecule has 1 aliphatic heterocycles. The number of methoxy groups -OCH3 is 2. The number of para-hydroxylation sites is 1. The highest BCUT2D eigenvalue weighted by molar-refractivity contribution is 7.93. The Morgan fingerprint density at radius 2 is 1.77 bits per heavy atom. The number of hydrogen-bond donors (Lipinski definition) is 2. The molecule has 1 fully saturated rings. The first-order valence-electron chi connectivity index (χ1n) is 11.9. The predicted molar refractivity (Wildman–Crippen MR) is 138 cm³/mol. The van der Waals surface area contributed by atoms with Crippen LogP contribution in [0.1, 0.15) is 12.2 Å². The molecule has 1 saturated heterocycles. The Balaban J connectivity index is 1.55. The van der Waals surface area contributed by atoms with Gasteiger partial charge in [-0.15, -0.1) is 10.2 Å². The second-order valence-electron chi connectivity index (χ2n) is 8.87. The summed E-state index contributed by atoms with van der Waals surface area (Å²) in [6.45, 7) is 1.81. The summed E-state index contributed by atoms with van der Waals surface area (Å²) in [5, 5.41) is 17.7. The second kappa shape index (κ2) is 10.5. The first kappa shape index (κ1) is 26.4. The lowest BCUT2D eigenvalue weighted by atomic mass is 10.1. The summed E-state index contributed by atoms with van der Waals surface area (Å²) in [5.41, 5.74) is 0.347. The average molecular weight is 560 g/mol. The third-order valence-electron chi connectivity index (χ3n) is 6.20. The average Bonchev–Trinajstić information content (AvgIpc) is 3.53. The number of piperidine rings is 1. The van der Waals surface area contributed by atoms with Gasteiger partial charge in [-0.05, 0) is 37.6 Å². The van der Waals surface area contributed by atoms with E-state index in [9.17, 15) is 17.9 Å². The van der Waals surface area contributed by atoms with Crippen LogP contribution in [0.5, 0.6) is 11.5 Å². The number of hydrogen-bond acceptors (Lipinski definition) is 11. The molecule has 206 valence electrons. The van der Waals surface area contributed by atoms with Crippen LogP contribution in [0.3, 0.4) is 0 Å². The van der Waals surface area contributed by atoms with Crippen LogP contribution in [0, 0.1) is 12.7 Å². The number of β-amino-alcohol motifs (C(OH)–C–C–N with tert-alkyl or cyclic N) is 1. The van der Waals surface area contributed by atoms with Gasteiger partial charge in [-0.1, -0.05) is 6.07 Å². The topological polar surface area (TPSA) is 158 Å². The molecule has 4 aromatic rings. The van der Waals surface area contributed by atoms with Gasteiger partial charge < -0.3 is 23.9 Å². The minimum Gasteiger partial charge on any atom is -0.494 e. The molecule has 0 saturated carbocycles. The maximum Gasteiger partial charge on any atom is 0.243 e. The molecule has 1 aromatic carbocycles. The number of aliphatic hydroxyl groups excluding tert-OH is 1. The van der Waals surface area contributed by atoms with Crippen LogP contribution in [0.4, 0.5) is 16.3 Å². The number of furan rings is 1. The fourth-order valence-corrected chi connectivity index (χ4v) is 5.83. The van der Waals surface area contributed by atoms with E-state index in [-0.39, 0.29) is 37.2 Å². The summed E-state index contributed by atoms with van der Waals surface area (Å²) < 4.78 is 61.5. The molecule has 0 amide bonds. The zero-order valence-electron chi connectivity index (χ0n) is 21.3. The fraction of sp³-hybridized carbons (Fsp3) is 0.333. The van der Waals surface area contributed by atoms with Gasteiger partial charge in [-0.25, -0.2) is 22.8 Å². The SMILES string of the molecule is COc1cccc(OC)c1-n1c(NS(=O)(=O)[C@H]2C[C@@H](O)CN(c3ncc(F)cn3)C2)nnc1-c1ccc(C)o1. The Morgan fingerprint density at radius 3 is 2.38 bits per heavy atom. The third-order valence-corrected chi connectivity index (χ3v) is 7.89. The van der Waals surface area contributed by atoms with Crippen molar-refractivity contribution < 1.29 is 31.8 Å². The van der Waals surface area contributed by atoms with E-state index in [2.05, 4.69) is 24.9 Å². The van der Waals surface area contributed by atoms with E-state index >= 15 is 0 Å². The predicted octanol–water partition coefficient (Wildman–Crippen LogP) is 2.16. The molecule has 39 heavy (non-hydrogen) atoms. The lowest BCUT2D eigenvalue weighted by Crippen LogP contribution is -2.50. The van der Waals surface area contributed by atoms with Crippen LogP contribution in [-0.2, 0) is 10.0 Å². The van der Waals surface area contributed by atoms with Gasteiger partial charge in [0.15, 0.2) is 11.6 Å². The second-order valence-corrected chi connectivity index (χ2v) is 10.8. The van der Waals surface area contributed by atoms with Crippen LogP contribution in [-0.4, -0.2) is 76.9 Å². The molecule has 4 heterocycles. The Bertz CT molecular complexity index is 1550. The van der Waals surface area contributed by atoms with Crippen molar-refractivity contribution in [2.75, 3.05) is 36.9 Å². The number of aromatic nitrogens is 5. The summed E-state index contributed by atoms with van der Waals surface area (Å²) in [6, 6.07) is 8.53. The van der Waals surface area contributed by atoms with Crippen molar-refractivity contribution in [3.05, 3.63) is 54.3 Å². The lowest BCUT2D eigenvalue weighted by Gasteiger charge is -2.35. The molecule has 3 aromatic heterocycles. The van der Waals surface area contributed by atoms with Gasteiger partial charge in [0.1, 0.15) is 28.2 Å². The number of aryl methyl sites for hydroxylation is 1. The van der Waals surface area contributed by atoms with E-state index < -0.39 is 27.2 Å². The molecule has 15 heteroatoms. The Morgan fingerprint density at radius 1 is 1.08 bits per heavy atom. The highest BCUT2D eigenvalue weighted by Crippen LogP contribution is 2.38. The smallest absolute Gasteiger partial charge is 0.243 e. The largest absolute Gasteiger partial charge is 0.494 e. The highest BCUT2D eigenvalue weighted by atomic mass is 32.2. The normalized spacial score (nSPS) is 17.7. The minimum absolute atomic E-state index is 0.0472. The van der Waals surface area contributed by atoms with Crippen LogP contribution in [0.15, 0.2) is 47.1 Å². The van der Waals surface area contributed by atoms with Gasteiger partial charge in [-0.2, -0.15) is 0 Å². The van der Waals surface area contributed by atoms with Gasteiger partial charge in [-0.3, -0.25) is 9.29 Å². The summed E-state index contributed by atoms with van der Waals surface area (Å²) in [5.74, 6) is 1.22. The van der Waals surface area contributed by atoms with Gasteiger partial charge in [0.2, 0.25) is 27.7 Å². The van der Waals surface area contributed by atoms with E-state index in [4.69, 9.17) is 13.9 Å². The summed E-state index contributed by atoms with van der Waals surface area (Å²) in [4.78, 5) is 9.32. The maximum atomic E-state index is 13.7. The van der Waals surface area contributed by atoms with Crippen molar-refractivity contribution in [3.63, 3.8) is 0 Å². The first-order valence-corrected chi connectivity index (χ1v) is 13.4. The molecule has 5 rings (SSSR count). The molecule has 0 unspecified atom stereocenters. The van der Waals surface area contributed by atoms with Gasteiger partial charge in [0.25, 0.3) is 0 Å². The number of nitrogens with zero attached hydrogens (tertiary/aromatic N) is 6. The molecule has 0 aliphatic carbocycles. The van der Waals surface area contributed by atoms with Crippen molar-refractivity contribution in [1.82, 2.24) is 24.7 Å². The number of aliphatic hydroxyl groups is 1. The number of halogens is 1. The van der Waals surface area contributed by atoms with Crippen LogP contribution in [0.2, 0.25) is 0 Å². The summed E-state index contributed by atoms with van der Waals surface area (Å²) >= 11 is 0. The van der Waals surface area contributed by atoms with Crippen molar-refractivity contribution in [2.45, 2.75) is 24.7 Å². The Labute approximate surface area is 223 Å². The third kappa shape index (κ3) is 5.22. The van der Waals surface area contributed by atoms with Crippen LogP contribution < -0.4 is 19.1 Å². The van der Waals surface area contributed by atoms with E-state index in [0.29, 0.717) is 28.7 Å². The first-order chi connectivity index (χ1) is 18.7. The van der Waals surface area contributed by atoms with Gasteiger partial charge in [0.05, 0.1) is 32.7 Å². The Hall–Kier alpha value is -4.24. The lowest BCUT2D eigenvalue weighted by molar-refractivity contribution is 0.154. The van der Waals surface area contributed by atoms with E-state index in [0.717, 1.165) is 12.4 Å². The monoisotopic (exact) mass is 559 g/mol. The number of benzene rings is 1. The summed E-state index contributed by atoms with van der Waals surface area (Å²) in [6.07, 6.45) is 0.907. The molecule has 1 aliphatic rings. The maximum absolute atomic E-state index is 13.7. The molecule has 0 bridgehead atoms. The van der Waals surface area contributed by atoms with Gasteiger partial charge >= 0.3 is 0 Å². The minimum atomic E-state index is -4.17. The standard InChI is InChI=1S/C24H26FN7O6S/c1-14-7-8-20(38-14)22-28-29-24(32(22)21-18(36-2)5-4-6-19(21)37-3)30-39(34,35)17-9-16(33)12-31(13-17)23-26-10-15(25)11-27-23/h4-8,10-11,16-17,33H,9,12-13H2,1-3H3,(H,29,30)/t16-,17+/m1/s1. The molecule has 2 atom stereocenters. The molecular formula is C24H26FN7O6S. The Kier molecular flexibility index (Phi) is 7.10. The molecule has 0 radical (unpaired) electrons. The summed E-state index contributed by atoms with van der Waals surface area (Å²) in [7, 11) is -1.23. The number of rotatable bonds is 8. The van der Waals surface area contributed by atoms with Crippen LogP contribution in [0.25, 0.3) is 17.3 Å². The van der Waals surface area contributed by atoms with Crippen LogP contribution >= 0.6 is 0 Å². The van der Waals surface area contributed by atoms with Crippen molar-refractivity contribution in [3.8, 4) is 28.8 Å². The van der Waals surface area contributed by atoms with Crippen molar-refractivity contribution >= 4 is 21.9 Å². The number of nitrogens with one attached hydrogen (secondary N) is 1. The number of anilines is 2. The zero-order chi connectivity index (χ0) is 27.7. The van der Waals surface area contributed by atoms with E-state index in [1.54, 1.807) is 37.3 Å². The van der Waals surface area contributed by atoms with Crippen molar-refractivity contribution in [2.24, 2.45) is 0 Å². The molecule has 13 nitrogen and oxygen atoms in total. The quantitative estimate of drug-likeness (QED) is 0.326. The zero-order valence-corrected chi connectivity index (χ0v) is 22.1. The molecular weight excluding hydrogens is 533 g/mol. The molecule has 0 spiro atoms. The van der Waals surface area contributed by atoms with Gasteiger partial charge in [0, 0.05) is 13.1 Å². The van der Waals surface area contributed by atoms with E-state index in [1.807, 2.05) is 0 Å². The number of sulfonamides is 1. The van der Waals surface area contributed by atoms with E-state index in [1.165, 1.54) is 23.7 Å². The fourth-order valence-electron chi connectivity index (χ4n) is 4.42. The number of ether oxygens (including phenoxy) is 2. The molecule has 2 N–H and O–H groups in total. The van der Waals surface area contributed by atoms with Crippen molar-refractivity contribution in [1.29, 1.82) is 0 Å². The highest BCUT2D eigenvalue weighted by Gasteiger charge is 2.37.